The standard InChI is InChI=1S/C17H18N4O3/c1-24-13-5-2-4-12(10-13)15(22)21-9-3-6-17(21,16(18)23)14-11-19-7-8-20-14/h2,4-5,7-8,10-11H,3,6,9H2,1H3,(H2,18,23)/t17-/m1/s1. The van der Waals surface area contributed by atoms with Gasteiger partial charge in [-0.25, -0.2) is 0 Å². The van der Waals surface area contributed by atoms with Crippen LogP contribution in [0.3, 0.4) is 0 Å². The number of amides is 2. The summed E-state index contributed by atoms with van der Waals surface area (Å²) in [6.45, 7) is 0.426. The minimum atomic E-state index is -1.27. The Kier molecular flexibility index (Phi) is 4.16. The number of nitrogens with zero attached hydrogens (tertiary/aromatic N) is 3. The van der Waals surface area contributed by atoms with Crippen LogP contribution in [-0.4, -0.2) is 40.3 Å². The fourth-order valence-corrected chi connectivity index (χ4v) is 3.17. The number of hydrogen-bond donors (Lipinski definition) is 1. The molecule has 0 bridgehead atoms. The van der Waals surface area contributed by atoms with Crippen molar-refractivity contribution in [2.75, 3.05) is 13.7 Å². The van der Waals surface area contributed by atoms with Gasteiger partial charge in [-0.15, -0.1) is 0 Å². The number of hydrogen-bond acceptors (Lipinski definition) is 5. The van der Waals surface area contributed by atoms with Gasteiger partial charge in [0.15, 0.2) is 5.54 Å². The van der Waals surface area contributed by atoms with E-state index in [4.69, 9.17) is 10.5 Å². The van der Waals surface area contributed by atoms with Gasteiger partial charge in [0, 0.05) is 24.5 Å². The molecule has 1 aromatic carbocycles. The van der Waals surface area contributed by atoms with Crippen molar-refractivity contribution in [1.29, 1.82) is 0 Å². The second kappa shape index (κ2) is 6.27. The van der Waals surface area contributed by atoms with Gasteiger partial charge in [0.05, 0.1) is 19.0 Å². The van der Waals surface area contributed by atoms with Gasteiger partial charge in [-0.05, 0) is 31.0 Å². The lowest BCUT2D eigenvalue weighted by Crippen LogP contribution is -2.54. The topological polar surface area (TPSA) is 98.4 Å². The molecular formula is C17H18N4O3. The molecule has 0 radical (unpaired) electrons. The van der Waals surface area contributed by atoms with Gasteiger partial charge in [-0.1, -0.05) is 6.07 Å². The van der Waals surface area contributed by atoms with Crippen molar-refractivity contribution in [2.24, 2.45) is 5.73 Å². The first-order valence-electron chi connectivity index (χ1n) is 7.62. The molecule has 0 aliphatic carbocycles. The smallest absolute Gasteiger partial charge is 0.255 e. The molecule has 2 heterocycles. The molecule has 1 aromatic heterocycles. The van der Waals surface area contributed by atoms with Crippen molar-refractivity contribution >= 4 is 11.8 Å². The number of ether oxygens (including phenoxy) is 1. The zero-order chi connectivity index (χ0) is 17.2. The largest absolute Gasteiger partial charge is 0.497 e. The molecule has 0 unspecified atom stereocenters. The lowest BCUT2D eigenvalue weighted by molar-refractivity contribution is -0.128. The van der Waals surface area contributed by atoms with Crippen molar-refractivity contribution in [3.05, 3.63) is 54.1 Å². The second-order valence-electron chi connectivity index (χ2n) is 5.61. The predicted octanol–water partition coefficient (Wildman–Crippen LogP) is 1.10. The van der Waals surface area contributed by atoms with E-state index in [2.05, 4.69) is 9.97 Å². The van der Waals surface area contributed by atoms with Crippen molar-refractivity contribution < 1.29 is 14.3 Å². The van der Waals surface area contributed by atoms with Crippen LogP contribution in [0.1, 0.15) is 28.9 Å². The maximum Gasteiger partial charge on any atom is 0.255 e. The van der Waals surface area contributed by atoms with E-state index in [1.807, 2.05) is 0 Å². The maximum absolute atomic E-state index is 13.0. The molecule has 3 rings (SSSR count). The van der Waals surface area contributed by atoms with Crippen LogP contribution in [0.2, 0.25) is 0 Å². The van der Waals surface area contributed by atoms with Gasteiger partial charge in [0.2, 0.25) is 5.91 Å². The van der Waals surface area contributed by atoms with Crippen LogP contribution < -0.4 is 10.5 Å². The van der Waals surface area contributed by atoms with E-state index < -0.39 is 11.4 Å². The Bertz CT molecular complexity index is 765. The number of benzene rings is 1. The number of primary amides is 1. The van der Waals surface area contributed by atoms with Crippen LogP contribution in [0.15, 0.2) is 42.9 Å². The minimum absolute atomic E-state index is 0.282. The van der Waals surface area contributed by atoms with Crippen LogP contribution in [0.5, 0.6) is 5.75 Å². The Balaban J connectivity index is 2.05. The molecule has 2 N–H and O–H groups in total. The zero-order valence-corrected chi connectivity index (χ0v) is 13.3. The number of likely N-dealkylation sites (tertiary alicyclic amines) is 1. The number of carbonyl (C=O) groups excluding carboxylic acids is 2. The number of methoxy groups -OCH3 is 1. The molecule has 1 aliphatic heterocycles. The zero-order valence-electron chi connectivity index (χ0n) is 13.3. The summed E-state index contributed by atoms with van der Waals surface area (Å²) in [6.07, 6.45) is 5.59. The van der Waals surface area contributed by atoms with E-state index in [0.29, 0.717) is 36.4 Å². The monoisotopic (exact) mass is 326 g/mol. The molecule has 1 fully saturated rings. The number of aromatic nitrogens is 2. The molecule has 1 atom stereocenters. The number of carbonyl (C=O) groups is 2. The fraction of sp³-hybridized carbons (Fsp3) is 0.294. The van der Waals surface area contributed by atoms with E-state index in [-0.39, 0.29) is 5.91 Å². The van der Waals surface area contributed by atoms with E-state index in [0.717, 1.165) is 0 Å². The third kappa shape index (κ3) is 2.47. The fourth-order valence-electron chi connectivity index (χ4n) is 3.17. The first-order chi connectivity index (χ1) is 11.6. The quantitative estimate of drug-likeness (QED) is 0.907. The molecule has 2 amide bonds. The van der Waals surface area contributed by atoms with Crippen LogP contribution >= 0.6 is 0 Å². The third-order valence-corrected chi connectivity index (χ3v) is 4.34. The van der Waals surface area contributed by atoms with E-state index in [1.54, 1.807) is 24.3 Å². The maximum atomic E-state index is 13.0. The van der Waals surface area contributed by atoms with Crippen LogP contribution in [0.25, 0.3) is 0 Å². The first-order valence-corrected chi connectivity index (χ1v) is 7.62. The van der Waals surface area contributed by atoms with Gasteiger partial charge in [-0.2, -0.15) is 0 Å². The van der Waals surface area contributed by atoms with Gasteiger partial charge in [0.1, 0.15) is 5.75 Å². The van der Waals surface area contributed by atoms with Gasteiger partial charge >= 0.3 is 0 Å². The van der Waals surface area contributed by atoms with Crippen molar-refractivity contribution in [2.45, 2.75) is 18.4 Å². The highest BCUT2D eigenvalue weighted by Gasteiger charge is 2.51. The summed E-state index contributed by atoms with van der Waals surface area (Å²) >= 11 is 0. The SMILES string of the molecule is COc1cccc(C(=O)N2CCC[C@]2(C(N)=O)c2cnccn2)c1. The summed E-state index contributed by atoms with van der Waals surface area (Å²) in [7, 11) is 1.53. The van der Waals surface area contributed by atoms with Crippen molar-refractivity contribution in [3.63, 3.8) is 0 Å². The molecule has 7 heteroatoms. The average molecular weight is 326 g/mol. The first kappa shape index (κ1) is 15.9. The molecule has 124 valence electrons. The Morgan fingerprint density at radius 3 is 2.83 bits per heavy atom. The van der Waals surface area contributed by atoms with E-state index in [9.17, 15) is 9.59 Å². The second-order valence-corrected chi connectivity index (χ2v) is 5.61. The summed E-state index contributed by atoms with van der Waals surface area (Å²) in [5, 5.41) is 0. The summed E-state index contributed by atoms with van der Waals surface area (Å²) in [5.41, 5.74) is 5.26. The lowest BCUT2D eigenvalue weighted by Gasteiger charge is -2.35. The highest BCUT2D eigenvalue weighted by molar-refractivity contribution is 5.99. The lowest BCUT2D eigenvalue weighted by atomic mass is 9.90. The van der Waals surface area contributed by atoms with Crippen LogP contribution in [-0.2, 0) is 10.3 Å². The third-order valence-electron chi connectivity index (χ3n) is 4.34. The highest BCUT2D eigenvalue weighted by Crippen LogP contribution is 2.38. The van der Waals surface area contributed by atoms with Crippen molar-refractivity contribution in [3.8, 4) is 5.75 Å². The Hall–Kier alpha value is -2.96. The van der Waals surface area contributed by atoms with Crippen LogP contribution in [0.4, 0.5) is 0 Å². The molecule has 1 aliphatic rings. The summed E-state index contributed by atoms with van der Waals surface area (Å²) in [5.74, 6) is -0.308. The molecular weight excluding hydrogens is 308 g/mol. The van der Waals surface area contributed by atoms with Gasteiger partial charge in [0.25, 0.3) is 5.91 Å². The summed E-state index contributed by atoms with van der Waals surface area (Å²) in [4.78, 5) is 35.1. The molecule has 2 aromatic rings. The van der Waals surface area contributed by atoms with E-state index in [1.165, 1.54) is 30.6 Å². The Morgan fingerprint density at radius 2 is 2.17 bits per heavy atom. The number of rotatable bonds is 4. The molecule has 24 heavy (non-hydrogen) atoms. The predicted molar refractivity (Wildman–Crippen MR) is 86.2 cm³/mol. The normalized spacial score (nSPS) is 20.0. The average Bonchev–Trinajstić information content (AvgIpc) is 3.08. The van der Waals surface area contributed by atoms with Gasteiger partial charge < -0.3 is 15.4 Å². The molecule has 0 saturated carbocycles. The summed E-state index contributed by atoms with van der Waals surface area (Å²) in [6, 6.07) is 6.82. The summed E-state index contributed by atoms with van der Waals surface area (Å²) < 4.78 is 5.17. The Morgan fingerprint density at radius 1 is 1.33 bits per heavy atom. The minimum Gasteiger partial charge on any atom is -0.497 e. The molecule has 1 saturated heterocycles. The molecule has 7 nitrogen and oxygen atoms in total. The Labute approximate surface area is 139 Å². The molecule has 0 spiro atoms. The van der Waals surface area contributed by atoms with Crippen LogP contribution in [0, 0.1) is 0 Å². The van der Waals surface area contributed by atoms with E-state index >= 15 is 0 Å². The van der Waals surface area contributed by atoms with Gasteiger partial charge in [-0.3, -0.25) is 19.6 Å². The highest BCUT2D eigenvalue weighted by atomic mass is 16.5. The number of nitrogens with two attached hydrogens (primary N) is 1. The van der Waals surface area contributed by atoms with Crippen molar-refractivity contribution in [1.82, 2.24) is 14.9 Å².